The molecule has 1 aliphatic heterocycles. The zero-order valence-corrected chi connectivity index (χ0v) is 12.5. The van der Waals surface area contributed by atoms with Crippen LogP contribution in [0.15, 0.2) is 24.3 Å². The van der Waals surface area contributed by atoms with Crippen LogP contribution in [0.3, 0.4) is 0 Å². The van der Waals surface area contributed by atoms with E-state index in [9.17, 15) is 9.59 Å². The average molecular weight is 301 g/mol. The number of piperidine rings is 1. The molecule has 2 aromatic rings. The summed E-state index contributed by atoms with van der Waals surface area (Å²) in [4.78, 5) is 32.8. The van der Waals surface area contributed by atoms with Crippen molar-refractivity contribution in [1.82, 2.24) is 14.9 Å². The maximum Gasteiger partial charge on any atom is 0.315 e. The third-order valence-corrected chi connectivity index (χ3v) is 4.17. The molecule has 6 heteroatoms. The number of likely N-dealkylation sites (tertiary alicyclic amines) is 1. The van der Waals surface area contributed by atoms with E-state index in [4.69, 9.17) is 0 Å². The Morgan fingerprint density at radius 1 is 1.32 bits per heavy atom. The molecule has 1 fully saturated rings. The van der Waals surface area contributed by atoms with Crippen LogP contribution in [0.1, 0.15) is 31.0 Å². The van der Waals surface area contributed by atoms with Gasteiger partial charge in [0.15, 0.2) is 0 Å². The first-order chi connectivity index (χ1) is 10.7. The first-order valence-corrected chi connectivity index (χ1v) is 7.46. The van der Waals surface area contributed by atoms with E-state index in [1.807, 2.05) is 24.3 Å². The molecule has 1 N–H and O–H groups in total. The van der Waals surface area contributed by atoms with Crippen LogP contribution in [-0.2, 0) is 14.3 Å². The van der Waals surface area contributed by atoms with Crippen LogP contribution in [0, 0.1) is 0 Å². The van der Waals surface area contributed by atoms with Crippen molar-refractivity contribution in [2.24, 2.45) is 0 Å². The lowest BCUT2D eigenvalue weighted by atomic mass is 9.96. The first-order valence-electron chi connectivity index (χ1n) is 7.46. The Labute approximate surface area is 128 Å². The van der Waals surface area contributed by atoms with Crippen molar-refractivity contribution in [2.75, 3.05) is 20.2 Å². The van der Waals surface area contributed by atoms with Gasteiger partial charge in [-0.2, -0.15) is 0 Å². The number of aromatic amines is 1. The van der Waals surface area contributed by atoms with Crippen molar-refractivity contribution in [3.8, 4) is 0 Å². The van der Waals surface area contributed by atoms with Crippen molar-refractivity contribution in [2.45, 2.75) is 25.2 Å². The van der Waals surface area contributed by atoms with E-state index >= 15 is 0 Å². The molecule has 22 heavy (non-hydrogen) atoms. The Hall–Kier alpha value is -2.37. The van der Waals surface area contributed by atoms with Crippen LogP contribution >= 0.6 is 0 Å². The minimum atomic E-state index is -0.482. The second-order valence-electron chi connectivity index (χ2n) is 5.55. The number of nitrogens with one attached hydrogen (secondary N) is 1. The molecule has 1 aromatic carbocycles. The molecule has 1 saturated heterocycles. The van der Waals surface area contributed by atoms with E-state index in [2.05, 4.69) is 14.7 Å². The fourth-order valence-electron chi connectivity index (χ4n) is 2.88. The number of H-pyrrole nitrogens is 1. The van der Waals surface area contributed by atoms with Crippen LogP contribution in [0.5, 0.6) is 0 Å². The van der Waals surface area contributed by atoms with Gasteiger partial charge in [0.05, 0.1) is 18.1 Å². The van der Waals surface area contributed by atoms with E-state index in [0.29, 0.717) is 19.0 Å². The third kappa shape index (κ3) is 2.95. The van der Waals surface area contributed by atoms with E-state index < -0.39 is 5.97 Å². The number of aromatic nitrogens is 2. The highest BCUT2D eigenvalue weighted by Gasteiger charge is 2.26. The SMILES string of the molecule is COC(=O)CC(=O)N1CCC(c2nc3ccccc3[nH]2)CC1. The van der Waals surface area contributed by atoms with Crippen molar-refractivity contribution < 1.29 is 14.3 Å². The third-order valence-electron chi connectivity index (χ3n) is 4.17. The smallest absolute Gasteiger partial charge is 0.315 e. The molecule has 0 bridgehead atoms. The predicted molar refractivity (Wildman–Crippen MR) is 81.3 cm³/mol. The molecular formula is C16H19N3O3. The number of hydrogen-bond donors (Lipinski definition) is 1. The standard InChI is InChI=1S/C16H19N3O3/c1-22-15(21)10-14(20)19-8-6-11(7-9-19)16-17-12-4-2-3-5-13(12)18-16/h2-5,11H,6-10H2,1H3,(H,17,18). The zero-order valence-electron chi connectivity index (χ0n) is 12.5. The van der Waals surface area contributed by atoms with Crippen LogP contribution in [0.25, 0.3) is 11.0 Å². The fourth-order valence-corrected chi connectivity index (χ4v) is 2.88. The number of benzene rings is 1. The summed E-state index contributed by atoms with van der Waals surface area (Å²) in [7, 11) is 1.30. The minimum Gasteiger partial charge on any atom is -0.469 e. The summed E-state index contributed by atoms with van der Waals surface area (Å²) in [6.07, 6.45) is 1.53. The summed E-state index contributed by atoms with van der Waals surface area (Å²) in [6.45, 7) is 1.30. The van der Waals surface area contributed by atoms with Gasteiger partial charge in [0, 0.05) is 19.0 Å². The molecule has 0 spiro atoms. The molecule has 0 saturated carbocycles. The molecule has 0 aliphatic carbocycles. The maximum absolute atomic E-state index is 12.0. The molecule has 0 unspecified atom stereocenters. The van der Waals surface area contributed by atoms with Crippen molar-refractivity contribution >= 4 is 22.9 Å². The molecule has 1 aromatic heterocycles. The van der Waals surface area contributed by atoms with Crippen molar-refractivity contribution in [3.63, 3.8) is 0 Å². The van der Waals surface area contributed by atoms with Gasteiger partial charge in [-0.3, -0.25) is 9.59 Å². The van der Waals surface area contributed by atoms with Crippen molar-refractivity contribution in [1.29, 1.82) is 0 Å². The monoisotopic (exact) mass is 301 g/mol. The number of hydrogen-bond acceptors (Lipinski definition) is 4. The number of esters is 1. The van der Waals surface area contributed by atoms with Gasteiger partial charge < -0.3 is 14.6 Å². The molecule has 3 rings (SSSR count). The Morgan fingerprint density at radius 2 is 2.05 bits per heavy atom. The van der Waals surface area contributed by atoms with Crippen LogP contribution in [0.2, 0.25) is 0 Å². The summed E-state index contributed by atoms with van der Waals surface area (Å²) in [6, 6.07) is 7.96. The number of amides is 1. The summed E-state index contributed by atoms with van der Waals surface area (Å²) < 4.78 is 4.53. The van der Waals surface area contributed by atoms with Gasteiger partial charge in [0.1, 0.15) is 12.2 Å². The number of ether oxygens (including phenoxy) is 1. The lowest BCUT2D eigenvalue weighted by molar-refractivity contribution is -0.147. The predicted octanol–water partition coefficient (Wildman–Crippen LogP) is 1.83. The van der Waals surface area contributed by atoms with E-state index in [-0.39, 0.29) is 12.3 Å². The number of imidazole rings is 1. The van der Waals surface area contributed by atoms with Crippen molar-refractivity contribution in [3.05, 3.63) is 30.1 Å². The summed E-state index contributed by atoms with van der Waals surface area (Å²) in [5.74, 6) is 0.676. The average Bonchev–Trinajstić information content (AvgIpc) is 2.98. The number of carbonyl (C=O) groups excluding carboxylic acids is 2. The van der Waals surface area contributed by atoms with E-state index in [1.54, 1.807) is 4.90 Å². The van der Waals surface area contributed by atoms with Gasteiger partial charge in [-0.1, -0.05) is 12.1 Å². The Balaban J connectivity index is 1.61. The Morgan fingerprint density at radius 3 is 2.73 bits per heavy atom. The second-order valence-corrected chi connectivity index (χ2v) is 5.55. The Kier molecular flexibility index (Phi) is 4.09. The molecule has 0 atom stereocenters. The van der Waals surface area contributed by atoms with Gasteiger partial charge in [0.25, 0.3) is 0 Å². The molecule has 116 valence electrons. The number of methoxy groups -OCH3 is 1. The van der Waals surface area contributed by atoms with Gasteiger partial charge in [0.2, 0.25) is 5.91 Å². The second kappa shape index (κ2) is 6.17. The largest absolute Gasteiger partial charge is 0.469 e. The number of fused-ring (bicyclic) bond motifs is 1. The lowest BCUT2D eigenvalue weighted by Crippen LogP contribution is -2.39. The van der Waals surface area contributed by atoms with Gasteiger partial charge >= 0.3 is 5.97 Å². The lowest BCUT2D eigenvalue weighted by Gasteiger charge is -2.30. The van der Waals surface area contributed by atoms with E-state index in [1.165, 1.54) is 7.11 Å². The molecule has 2 heterocycles. The van der Waals surface area contributed by atoms with Gasteiger partial charge in [-0.25, -0.2) is 4.98 Å². The zero-order chi connectivity index (χ0) is 15.5. The van der Waals surface area contributed by atoms with Gasteiger partial charge in [-0.15, -0.1) is 0 Å². The van der Waals surface area contributed by atoms with Gasteiger partial charge in [-0.05, 0) is 25.0 Å². The van der Waals surface area contributed by atoms with Crippen LogP contribution in [-0.4, -0.2) is 46.9 Å². The number of rotatable bonds is 3. The number of para-hydroxylation sites is 2. The maximum atomic E-state index is 12.0. The normalized spacial score (nSPS) is 16.0. The Bertz CT molecular complexity index is 654. The summed E-state index contributed by atoms with van der Waals surface area (Å²) in [5, 5.41) is 0. The molecule has 0 radical (unpaired) electrons. The molecular weight excluding hydrogens is 282 g/mol. The quantitative estimate of drug-likeness (QED) is 0.693. The highest BCUT2D eigenvalue weighted by molar-refractivity contribution is 5.94. The number of nitrogens with zero attached hydrogens (tertiary/aromatic N) is 2. The molecule has 1 amide bonds. The molecule has 6 nitrogen and oxygen atoms in total. The molecule has 1 aliphatic rings. The summed E-state index contributed by atoms with van der Waals surface area (Å²) in [5.41, 5.74) is 2.02. The van der Waals surface area contributed by atoms with Crippen LogP contribution < -0.4 is 0 Å². The highest BCUT2D eigenvalue weighted by atomic mass is 16.5. The minimum absolute atomic E-state index is 0.157. The highest BCUT2D eigenvalue weighted by Crippen LogP contribution is 2.27. The van der Waals surface area contributed by atoms with Crippen LogP contribution in [0.4, 0.5) is 0 Å². The topological polar surface area (TPSA) is 75.3 Å². The summed E-state index contributed by atoms with van der Waals surface area (Å²) >= 11 is 0. The number of carbonyl (C=O) groups is 2. The first kappa shape index (κ1) is 14.6. The fraction of sp³-hybridized carbons (Fsp3) is 0.438. The van der Waals surface area contributed by atoms with E-state index in [0.717, 1.165) is 29.7 Å².